The van der Waals surface area contributed by atoms with Gasteiger partial charge in [0, 0.05) is 0 Å². The van der Waals surface area contributed by atoms with Crippen molar-refractivity contribution >= 4 is 0 Å². The zero-order valence-corrected chi connectivity index (χ0v) is 17.8. The van der Waals surface area contributed by atoms with Gasteiger partial charge in [-0.2, -0.15) is 0 Å². The summed E-state index contributed by atoms with van der Waals surface area (Å²) in [4.78, 5) is 0. The highest BCUT2D eigenvalue weighted by atomic mass is 14.4. The molecule has 0 aliphatic heterocycles. The molecule has 7 unspecified atom stereocenters. The first-order valence-corrected chi connectivity index (χ1v) is 12.8. The van der Waals surface area contributed by atoms with Crippen molar-refractivity contribution in [3.05, 3.63) is 0 Å². The van der Waals surface area contributed by atoms with Gasteiger partial charge >= 0.3 is 0 Å². The Morgan fingerprint density at radius 3 is 1.77 bits per heavy atom. The molecule has 4 aliphatic rings. The van der Waals surface area contributed by atoms with E-state index < -0.39 is 0 Å². The maximum Gasteiger partial charge on any atom is -0.0380 e. The van der Waals surface area contributed by atoms with E-state index in [1.165, 1.54) is 32.1 Å². The van der Waals surface area contributed by atoms with Gasteiger partial charge in [-0.3, -0.25) is 0 Å². The van der Waals surface area contributed by atoms with E-state index in [1.54, 1.807) is 83.5 Å². The summed E-state index contributed by atoms with van der Waals surface area (Å²) in [6, 6.07) is 0. The molecule has 4 saturated carbocycles. The fourth-order valence-corrected chi connectivity index (χ4v) is 7.91. The lowest BCUT2D eigenvalue weighted by Crippen LogP contribution is -2.31. The van der Waals surface area contributed by atoms with E-state index in [1.807, 2.05) is 0 Å². The van der Waals surface area contributed by atoms with E-state index >= 15 is 0 Å². The Labute approximate surface area is 164 Å². The van der Waals surface area contributed by atoms with E-state index in [-0.39, 0.29) is 0 Å². The maximum atomic E-state index is 2.45. The zero-order chi connectivity index (χ0) is 17.8. The first-order chi connectivity index (χ1) is 12.8. The van der Waals surface area contributed by atoms with Gasteiger partial charge in [0.05, 0.1) is 0 Å². The highest BCUT2D eigenvalue weighted by molar-refractivity contribution is 4.89. The summed E-state index contributed by atoms with van der Waals surface area (Å²) in [5.41, 5.74) is 0. The van der Waals surface area contributed by atoms with Gasteiger partial charge in [0.2, 0.25) is 0 Å². The van der Waals surface area contributed by atoms with Crippen molar-refractivity contribution < 1.29 is 0 Å². The molecule has 26 heavy (non-hydrogen) atoms. The Kier molecular flexibility index (Phi) is 7.04. The minimum Gasteiger partial charge on any atom is -0.0651 e. The zero-order valence-electron chi connectivity index (χ0n) is 17.8. The maximum absolute atomic E-state index is 2.45. The summed E-state index contributed by atoms with van der Waals surface area (Å²) >= 11 is 0. The highest BCUT2D eigenvalue weighted by Crippen LogP contribution is 2.50. The second kappa shape index (κ2) is 9.47. The Hall–Kier alpha value is 0. The van der Waals surface area contributed by atoms with Crippen molar-refractivity contribution in [2.75, 3.05) is 0 Å². The van der Waals surface area contributed by atoms with Crippen LogP contribution >= 0.6 is 0 Å². The molecule has 150 valence electrons. The first-order valence-electron chi connectivity index (χ1n) is 12.8. The van der Waals surface area contributed by atoms with Gasteiger partial charge in [0.1, 0.15) is 0 Å². The van der Waals surface area contributed by atoms with E-state index in [2.05, 4.69) is 6.92 Å². The molecule has 0 aromatic rings. The molecular formula is C26H46. The molecule has 0 bridgehead atoms. The van der Waals surface area contributed by atoms with Crippen LogP contribution in [0.5, 0.6) is 0 Å². The van der Waals surface area contributed by atoms with Gasteiger partial charge in [-0.25, -0.2) is 0 Å². The fraction of sp³-hybridized carbons (Fsp3) is 1.00. The topological polar surface area (TPSA) is 0 Å². The summed E-state index contributed by atoms with van der Waals surface area (Å²) in [6.07, 6.45) is 28.1. The minimum atomic E-state index is 1.06. The van der Waals surface area contributed by atoms with Crippen molar-refractivity contribution in [2.45, 2.75) is 122 Å². The van der Waals surface area contributed by atoms with Gasteiger partial charge in [-0.05, 0) is 80.0 Å². The van der Waals surface area contributed by atoms with Gasteiger partial charge < -0.3 is 0 Å². The number of hydrogen-bond donors (Lipinski definition) is 0. The van der Waals surface area contributed by atoms with Crippen molar-refractivity contribution in [1.29, 1.82) is 0 Å². The third-order valence-electron chi connectivity index (χ3n) is 9.58. The molecular weight excluding hydrogens is 312 g/mol. The molecule has 0 amide bonds. The van der Waals surface area contributed by atoms with Gasteiger partial charge in [0.15, 0.2) is 0 Å². The molecule has 0 heterocycles. The smallest absolute Gasteiger partial charge is 0.0380 e. The van der Waals surface area contributed by atoms with Crippen LogP contribution in [0.3, 0.4) is 0 Å². The Balaban J connectivity index is 1.44. The van der Waals surface area contributed by atoms with Gasteiger partial charge in [0.25, 0.3) is 0 Å². The van der Waals surface area contributed by atoms with Crippen LogP contribution in [0.25, 0.3) is 0 Å². The number of fused-ring (bicyclic) bond motifs is 2. The standard InChI is InChI=1S/C26H46/c1-2-20-13-14-22-9-6-4-3-5-7-10-24(19-26(22)17-20)25-16-15-21-11-8-12-23(21)18-25/h20-26H,2-19H2,1H3. The van der Waals surface area contributed by atoms with Crippen LogP contribution in [0, 0.1) is 41.4 Å². The molecule has 0 spiro atoms. The van der Waals surface area contributed by atoms with Crippen LogP contribution in [0.1, 0.15) is 122 Å². The van der Waals surface area contributed by atoms with Crippen molar-refractivity contribution in [1.82, 2.24) is 0 Å². The average Bonchev–Trinajstić information content (AvgIpc) is 3.12. The lowest BCUT2D eigenvalue weighted by molar-refractivity contribution is 0.0891. The van der Waals surface area contributed by atoms with E-state index in [9.17, 15) is 0 Å². The lowest BCUT2D eigenvalue weighted by atomic mass is 9.64. The van der Waals surface area contributed by atoms with E-state index in [0.29, 0.717) is 0 Å². The molecule has 0 N–H and O–H groups in total. The molecule has 0 saturated heterocycles. The number of rotatable bonds is 2. The normalized spacial score (nSPS) is 45.3. The summed E-state index contributed by atoms with van der Waals surface area (Å²) in [5.74, 6) is 7.74. The first kappa shape index (κ1) is 19.3. The molecule has 7 atom stereocenters. The second-order valence-corrected chi connectivity index (χ2v) is 11.0. The van der Waals surface area contributed by atoms with Crippen molar-refractivity contribution in [3.8, 4) is 0 Å². The fourth-order valence-electron chi connectivity index (χ4n) is 7.91. The van der Waals surface area contributed by atoms with Crippen molar-refractivity contribution in [2.24, 2.45) is 41.4 Å². The third-order valence-corrected chi connectivity index (χ3v) is 9.58. The van der Waals surface area contributed by atoms with Crippen LogP contribution in [0.15, 0.2) is 0 Å². The lowest BCUT2D eigenvalue weighted by Gasteiger charge is -2.42. The van der Waals surface area contributed by atoms with Crippen LogP contribution in [0.2, 0.25) is 0 Å². The Morgan fingerprint density at radius 1 is 0.423 bits per heavy atom. The highest BCUT2D eigenvalue weighted by Gasteiger charge is 2.38. The summed E-state index contributed by atoms with van der Waals surface area (Å²) in [6.45, 7) is 2.45. The van der Waals surface area contributed by atoms with E-state index in [4.69, 9.17) is 0 Å². The van der Waals surface area contributed by atoms with Crippen LogP contribution in [0.4, 0.5) is 0 Å². The monoisotopic (exact) mass is 358 g/mol. The second-order valence-electron chi connectivity index (χ2n) is 11.0. The van der Waals surface area contributed by atoms with Crippen molar-refractivity contribution in [3.63, 3.8) is 0 Å². The SMILES string of the molecule is CCC1CCC2CCCCCCCC(C3CCC4CCCC4C3)CC2C1. The molecule has 4 rings (SSSR count). The summed E-state index contributed by atoms with van der Waals surface area (Å²) in [5, 5.41) is 0. The predicted molar refractivity (Wildman–Crippen MR) is 113 cm³/mol. The molecule has 4 fully saturated rings. The predicted octanol–water partition coefficient (Wildman–Crippen LogP) is 8.40. The van der Waals surface area contributed by atoms with Gasteiger partial charge in [-0.1, -0.05) is 84.0 Å². The van der Waals surface area contributed by atoms with E-state index in [0.717, 1.165) is 41.4 Å². The van der Waals surface area contributed by atoms with Crippen LogP contribution < -0.4 is 0 Å². The summed E-state index contributed by atoms with van der Waals surface area (Å²) < 4.78 is 0. The Bertz CT molecular complexity index is 412. The average molecular weight is 359 g/mol. The molecule has 0 radical (unpaired) electrons. The largest absolute Gasteiger partial charge is 0.0651 e. The molecule has 0 nitrogen and oxygen atoms in total. The molecule has 0 aromatic carbocycles. The molecule has 4 aliphatic carbocycles. The van der Waals surface area contributed by atoms with Gasteiger partial charge in [-0.15, -0.1) is 0 Å². The number of hydrogen-bond acceptors (Lipinski definition) is 0. The molecule has 0 aromatic heterocycles. The third kappa shape index (κ3) is 4.70. The van der Waals surface area contributed by atoms with Crippen LogP contribution in [-0.2, 0) is 0 Å². The quantitative estimate of drug-likeness (QED) is 0.465. The Morgan fingerprint density at radius 2 is 0.923 bits per heavy atom. The summed E-state index contributed by atoms with van der Waals surface area (Å²) in [7, 11) is 0. The van der Waals surface area contributed by atoms with Crippen LogP contribution in [-0.4, -0.2) is 0 Å². The molecule has 0 heteroatoms. The minimum absolute atomic E-state index is 1.06.